The van der Waals surface area contributed by atoms with E-state index in [1.54, 1.807) is 24.3 Å². The molecule has 0 bridgehead atoms. The van der Waals surface area contributed by atoms with Gasteiger partial charge in [-0.2, -0.15) is 0 Å². The second-order valence-electron chi connectivity index (χ2n) is 4.36. The number of rotatable bonds is 2. The van der Waals surface area contributed by atoms with Gasteiger partial charge < -0.3 is 5.11 Å². The molecule has 2 fully saturated rings. The van der Waals surface area contributed by atoms with Crippen LogP contribution in [-0.4, -0.2) is 23.5 Å². The maximum absolute atomic E-state index is 12.0. The van der Waals surface area contributed by atoms with Crippen molar-refractivity contribution in [1.82, 2.24) is 0 Å². The maximum atomic E-state index is 12.0. The average molecular weight is 252 g/mol. The molecule has 88 valence electrons. The Labute approximate surface area is 103 Å². The minimum atomic E-state index is -0.344. The smallest absolute Gasteiger partial charge is 0.238 e. The van der Waals surface area contributed by atoms with Gasteiger partial charge in [0.25, 0.3) is 0 Å². The molecule has 0 spiro atoms. The molecule has 1 N–H and O–H groups in total. The predicted octanol–water partition coefficient (Wildman–Crippen LogP) is 1.07. The number of amides is 2. The summed E-state index contributed by atoms with van der Waals surface area (Å²) in [7, 11) is 0. The zero-order valence-corrected chi connectivity index (χ0v) is 9.59. The summed E-state index contributed by atoms with van der Waals surface area (Å²) < 4.78 is 0. The zero-order valence-electron chi connectivity index (χ0n) is 8.84. The number of nitrogens with zero attached hydrogens (tertiary/aromatic N) is 1. The van der Waals surface area contributed by atoms with E-state index in [0.717, 1.165) is 4.90 Å². The topological polar surface area (TPSA) is 57.6 Å². The van der Waals surface area contributed by atoms with Crippen LogP contribution in [0.4, 0.5) is 5.69 Å². The summed E-state index contributed by atoms with van der Waals surface area (Å²) in [6.45, 7) is -0.108. The molecule has 1 heterocycles. The Kier molecular flexibility index (Phi) is 2.24. The lowest BCUT2D eigenvalue weighted by atomic mass is 10.2. The first kappa shape index (κ1) is 10.7. The summed E-state index contributed by atoms with van der Waals surface area (Å²) >= 11 is 5.97. The predicted molar refractivity (Wildman–Crippen MR) is 61.5 cm³/mol. The number of carbonyl (C=O) groups is 2. The van der Waals surface area contributed by atoms with Gasteiger partial charge in [0.05, 0.1) is 22.5 Å². The Morgan fingerprint density at radius 3 is 2.29 bits per heavy atom. The number of imide groups is 1. The molecule has 5 heteroatoms. The third kappa shape index (κ3) is 1.34. The van der Waals surface area contributed by atoms with E-state index in [-0.39, 0.29) is 36.2 Å². The van der Waals surface area contributed by atoms with Gasteiger partial charge >= 0.3 is 0 Å². The van der Waals surface area contributed by atoms with E-state index in [1.807, 2.05) is 0 Å². The molecule has 2 atom stereocenters. The van der Waals surface area contributed by atoms with Crippen LogP contribution >= 0.6 is 11.6 Å². The first-order valence-electron chi connectivity index (χ1n) is 5.40. The van der Waals surface area contributed by atoms with Crippen molar-refractivity contribution in [3.05, 3.63) is 29.3 Å². The van der Waals surface area contributed by atoms with Crippen molar-refractivity contribution in [2.24, 2.45) is 17.8 Å². The minimum absolute atomic E-state index is 0.108. The third-order valence-corrected chi connectivity index (χ3v) is 3.80. The van der Waals surface area contributed by atoms with Crippen molar-refractivity contribution in [3.63, 3.8) is 0 Å². The van der Waals surface area contributed by atoms with Gasteiger partial charge in [-0.15, -0.1) is 0 Å². The van der Waals surface area contributed by atoms with Gasteiger partial charge in [-0.3, -0.25) is 9.59 Å². The van der Waals surface area contributed by atoms with Gasteiger partial charge in [0.2, 0.25) is 11.8 Å². The number of anilines is 1. The molecular formula is C12H10ClNO3. The van der Waals surface area contributed by atoms with E-state index in [0.29, 0.717) is 10.7 Å². The summed E-state index contributed by atoms with van der Waals surface area (Å²) in [6.07, 6.45) is 0. The average Bonchev–Trinajstić information content (AvgIpc) is 2.99. The van der Waals surface area contributed by atoms with Gasteiger partial charge in [0.15, 0.2) is 0 Å². The summed E-state index contributed by atoms with van der Waals surface area (Å²) in [5.74, 6) is -1.36. The number of para-hydroxylation sites is 1. The summed E-state index contributed by atoms with van der Waals surface area (Å²) in [4.78, 5) is 25.2. The highest BCUT2D eigenvalue weighted by Gasteiger charge is 2.67. The molecule has 2 amide bonds. The van der Waals surface area contributed by atoms with E-state index in [1.165, 1.54) is 0 Å². The van der Waals surface area contributed by atoms with Gasteiger partial charge in [0.1, 0.15) is 0 Å². The van der Waals surface area contributed by atoms with Crippen LogP contribution in [0.1, 0.15) is 0 Å². The summed E-state index contributed by atoms with van der Waals surface area (Å²) in [6, 6.07) is 6.77. The lowest BCUT2D eigenvalue weighted by molar-refractivity contribution is -0.124. The number of hydrogen-bond acceptors (Lipinski definition) is 3. The number of hydrogen-bond donors (Lipinski definition) is 1. The SMILES string of the molecule is O=C1C2C(CO)C2C(=O)N1c1ccccc1Cl. The van der Waals surface area contributed by atoms with Gasteiger partial charge in [0, 0.05) is 12.5 Å². The second kappa shape index (κ2) is 3.55. The number of piperidine rings is 1. The van der Waals surface area contributed by atoms with Crippen LogP contribution in [0.25, 0.3) is 0 Å². The molecule has 2 unspecified atom stereocenters. The molecule has 1 aliphatic heterocycles. The quantitative estimate of drug-likeness (QED) is 0.800. The normalized spacial score (nSPS) is 30.7. The fourth-order valence-corrected chi connectivity index (χ4v) is 2.77. The molecule has 0 radical (unpaired) electrons. The molecule has 1 aromatic rings. The minimum Gasteiger partial charge on any atom is -0.396 e. The molecule has 1 saturated heterocycles. The molecule has 2 aliphatic rings. The van der Waals surface area contributed by atoms with Crippen molar-refractivity contribution < 1.29 is 14.7 Å². The molecule has 3 rings (SSSR count). The van der Waals surface area contributed by atoms with E-state index in [2.05, 4.69) is 0 Å². The molecule has 17 heavy (non-hydrogen) atoms. The van der Waals surface area contributed by atoms with Gasteiger partial charge in [-0.25, -0.2) is 4.90 Å². The van der Waals surface area contributed by atoms with Crippen LogP contribution in [0.2, 0.25) is 5.02 Å². The van der Waals surface area contributed by atoms with E-state index < -0.39 is 0 Å². The lowest BCUT2D eigenvalue weighted by Gasteiger charge is -2.18. The third-order valence-electron chi connectivity index (χ3n) is 3.48. The molecule has 1 aromatic carbocycles. The first-order valence-corrected chi connectivity index (χ1v) is 5.78. The number of aliphatic hydroxyl groups is 1. The summed E-state index contributed by atoms with van der Waals surface area (Å²) in [5, 5.41) is 9.40. The van der Waals surface area contributed by atoms with Crippen LogP contribution in [-0.2, 0) is 9.59 Å². The standard InChI is InChI=1S/C12H10ClNO3/c13-7-3-1-2-4-8(7)14-11(16)9-6(5-15)10(9)12(14)17/h1-4,6,9-10,15H,5H2. The number of carbonyl (C=O) groups excluding carboxylic acids is 2. The Balaban J connectivity index is 1.96. The van der Waals surface area contributed by atoms with Crippen LogP contribution < -0.4 is 4.90 Å². The number of aliphatic hydroxyl groups excluding tert-OH is 1. The monoisotopic (exact) mass is 251 g/mol. The Bertz CT molecular complexity index is 494. The van der Waals surface area contributed by atoms with Crippen molar-refractivity contribution in [2.75, 3.05) is 11.5 Å². The molecule has 1 saturated carbocycles. The van der Waals surface area contributed by atoms with E-state index >= 15 is 0 Å². The molecule has 0 aromatic heterocycles. The summed E-state index contributed by atoms with van der Waals surface area (Å²) in [5.41, 5.74) is 0.438. The van der Waals surface area contributed by atoms with Crippen LogP contribution in [0.15, 0.2) is 24.3 Å². The van der Waals surface area contributed by atoms with E-state index in [9.17, 15) is 9.59 Å². The Morgan fingerprint density at radius 1 is 1.18 bits per heavy atom. The fourth-order valence-electron chi connectivity index (χ4n) is 2.55. The van der Waals surface area contributed by atoms with Crippen molar-refractivity contribution in [1.29, 1.82) is 0 Å². The Morgan fingerprint density at radius 2 is 1.76 bits per heavy atom. The first-order chi connectivity index (χ1) is 8.16. The van der Waals surface area contributed by atoms with Crippen LogP contribution in [0.5, 0.6) is 0 Å². The second-order valence-corrected chi connectivity index (χ2v) is 4.77. The van der Waals surface area contributed by atoms with Crippen LogP contribution in [0, 0.1) is 17.8 Å². The van der Waals surface area contributed by atoms with Gasteiger partial charge in [-0.1, -0.05) is 23.7 Å². The zero-order chi connectivity index (χ0) is 12.2. The van der Waals surface area contributed by atoms with Crippen molar-refractivity contribution in [3.8, 4) is 0 Å². The molecule has 4 nitrogen and oxygen atoms in total. The number of halogens is 1. The van der Waals surface area contributed by atoms with Crippen molar-refractivity contribution in [2.45, 2.75) is 0 Å². The highest BCUT2D eigenvalue weighted by Crippen LogP contribution is 2.54. The van der Waals surface area contributed by atoms with E-state index in [4.69, 9.17) is 16.7 Å². The maximum Gasteiger partial charge on any atom is 0.238 e. The van der Waals surface area contributed by atoms with Crippen molar-refractivity contribution >= 4 is 29.1 Å². The van der Waals surface area contributed by atoms with Gasteiger partial charge in [-0.05, 0) is 12.1 Å². The number of fused-ring (bicyclic) bond motifs is 1. The molecule has 1 aliphatic carbocycles. The Hall–Kier alpha value is -1.39. The highest BCUT2D eigenvalue weighted by molar-refractivity contribution is 6.36. The largest absolute Gasteiger partial charge is 0.396 e. The fraction of sp³-hybridized carbons (Fsp3) is 0.333. The molecular weight excluding hydrogens is 242 g/mol. The number of benzene rings is 1. The van der Waals surface area contributed by atoms with Crippen LogP contribution in [0.3, 0.4) is 0 Å². The highest BCUT2D eigenvalue weighted by atomic mass is 35.5. The lowest BCUT2D eigenvalue weighted by Crippen LogP contribution is -2.35.